The molecule has 8 bridgehead atoms. The van der Waals surface area contributed by atoms with Crippen molar-refractivity contribution in [3.63, 3.8) is 0 Å². The standard InChI is InChI=1S/C74H88N4O2/c1-68(2,3)49-33-46(34-50(39-49)69(4,5)6)64-57-27-25-55(75-57)63(44-21-23-45(24-22-44)67-79-42-74(19,20)43-80-67)56-26-28-58(76-56)65(47-35-51(70(7,8)9)40-52(36-47)71(10,11)12)60-30-32-62(78-60)66(61-31-29-59(64)77-61)48-37-53(72(13,14)15)41-54(38-48)73(16,17)18/h21-41,67,75,78H,42-43H2,1-20H3. The lowest BCUT2D eigenvalue weighted by Crippen LogP contribution is -2.33. The molecule has 3 aliphatic heterocycles. The van der Waals surface area contributed by atoms with Crippen LogP contribution in [0.5, 0.6) is 0 Å². The number of aromatic amines is 2. The molecule has 416 valence electrons. The van der Waals surface area contributed by atoms with Gasteiger partial charge >= 0.3 is 0 Å². The minimum absolute atomic E-state index is 0.0329. The predicted molar refractivity (Wildman–Crippen MR) is 341 cm³/mol. The normalized spacial score (nSPS) is 15.5. The van der Waals surface area contributed by atoms with E-state index < -0.39 is 6.29 Å². The van der Waals surface area contributed by atoms with Gasteiger partial charge in [0.25, 0.3) is 0 Å². The molecule has 0 atom stereocenters. The number of H-pyrrole nitrogens is 2. The van der Waals surface area contributed by atoms with Crippen LogP contribution in [0.15, 0.2) is 103 Å². The zero-order valence-electron chi connectivity index (χ0n) is 51.8. The third-order valence-corrected chi connectivity index (χ3v) is 16.3. The van der Waals surface area contributed by atoms with E-state index >= 15 is 0 Å². The van der Waals surface area contributed by atoms with Crippen molar-refractivity contribution in [2.45, 2.75) is 177 Å². The number of ether oxygens (including phenoxy) is 2. The number of nitrogens with one attached hydrogen (secondary N) is 2. The zero-order valence-corrected chi connectivity index (χ0v) is 51.8. The molecular weight excluding hydrogens is 977 g/mol. The van der Waals surface area contributed by atoms with Crippen LogP contribution in [0.3, 0.4) is 0 Å². The Kier molecular flexibility index (Phi) is 14.1. The van der Waals surface area contributed by atoms with Crippen molar-refractivity contribution in [2.75, 3.05) is 13.2 Å². The zero-order chi connectivity index (χ0) is 57.9. The Morgan fingerprint density at radius 2 is 0.600 bits per heavy atom. The van der Waals surface area contributed by atoms with E-state index in [4.69, 9.17) is 19.4 Å². The van der Waals surface area contributed by atoms with E-state index in [1.807, 2.05) is 0 Å². The second-order valence-electron chi connectivity index (χ2n) is 30.1. The molecule has 1 fully saturated rings. The summed E-state index contributed by atoms with van der Waals surface area (Å²) in [5, 5.41) is 0. The molecule has 0 spiro atoms. The van der Waals surface area contributed by atoms with Crippen molar-refractivity contribution >= 4 is 46.4 Å². The highest BCUT2D eigenvalue weighted by atomic mass is 16.7. The molecular formula is C74H88N4O2. The first-order valence-corrected chi connectivity index (χ1v) is 29.1. The van der Waals surface area contributed by atoms with E-state index in [9.17, 15) is 0 Å². The van der Waals surface area contributed by atoms with Crippen molar-refractivity contribution in [1.82, 2.24) is 19.9 Å². The minimum Gasteiger partial charge on any atom is -0.354 e. The summed E-state index contributed by atoms with van der Waals surface area (Å²) in [6, 6.07) is 39.3. The van der Waals surface area contributed by atoms with Gasteiger partial charge in [0.2, 0.25) is 0 Å². The van der Waals surface area contributed by atoms with E-state index in [-0.39, 0.29) is 37.9 Å². The first-order valence-electron chi connectivity index (χ1n) is 29.1. The fourth-order valence-electron chi connectivity index (χ4n) is 11.0. The molecule has 2 N–H and O–H groups in total. The number of fused-ring (bicyclic) bond motifs is 8. The SMILES string of the molecule is CC1(C)COC(c2ccc(-c3c4nc(c(-c5cc(C(C)(C)C)cc(C(C)(C)C)c5)c5ccc([nH]5)c(-c5cc(C(C)(C)C)cc(C(C)(C)C)c5)c5nc(c(-c6cc(C(C)(C)C)cc(C(C)(C)C)c6)c6ccc3[nH]6)C=C5)C=C4)cc2)OC1. The summed E-state index contributed by atoms with van der Waals surface area (Å²) < 4.78 is 12.6. The van der Waals surface area contributed by atoms with Gasteiger partial charge in [0.1, 0.15) is 0 Å². The van der Waals surface area contributed by atoms with Crippen LogP contribution in [-0.4, -0.2) is 33.1 Å². The third kappa shape index (κ3) is 11.5. The van der Waals surface area contributed by atoms with Crippen LogP contribution in [0.2, 0.25) is 0 Å². The number of rotatable bonds is 5. The lowest BCUT2D eigenvalue weighted by molar-refractivity contribution is -0.226. The molecule has 4 aromatic carbocycles. The molecule has 3 aromatic heterocycles. The maximum atomic E-state index is 6.30. The van der Waals surface area contributed by atoms with Gasteiger partial charge in [0.05, 0.1) is 36.0 Å². The van der Waals surface area contributed by atoms with Gasteiger partial charge < -0.3 is 19.4 Å². The van der Waals surface area contributed by atoms with Crippen LogP contribution in [0.1, 0.15) is 206 Å². The van der Waals surface area contributed by atoms with E-state index in [1.54, 1.807) is 0 Å². The van der Waals surface area contributed by atoms with Crippen LogP contribution >= 0.6 is 0 Å². The topological polar surface area (TPSA) is 75.8 Å². The Morgan fingerprint density at radius 3 is 0.850 bits per heavy atom. The Hall–Kier alpha value is -6.60. The minimum atomic E-state index is -0.425. The first kappa shape index (κ1) is 56.7. The van der Waals surface area contributed by atoms with Crippen LogP contribution in [0.4, 0.5) is 0 Å². The van der Waals surface area contributed by atoms with Crippen molar-refractivity contribution in [2.24, 2.45) is 5.41 Å². The van der Waals surface area contributed by atoms with Gasteiger partial charge in [0.15, 0.2) is 6.29 Å². The maximum absolute atomic E-state index is 6.30. The number of hydrogen-bond donors (Lipinski definition) is 2. The van der Waals surface area contributed by atoms with Crippen molar-refractivity contribution < 1.29 is 9.47 Å². The van der Waals surface area contributed by atoms with Crippen LogP contribution in [0, 0.1) is 5.41 Å². The summed E-state index contributed by atoms with van der Waals surface area (Å²) in [5.41, 5.74) is 24.0. The lowest BCUT2D eigenvalue weighted by Gasteiger charge is -2.34. The maximum Gasteiger partial charge on any atom is 0.183 e. The molecule has 1 saturated heterocycles. The summed E-state index contributed by atoms with van der Waals surface area (Å²) in [7, 11) is 0. The average Bonchev–Trinajstić information content (AvgIpc) is 4.24. The van der Waals surface area contributed by atoms with Crippen LogP contribution in [0.25, 0.3) is 90.9 Å². The molecule has 6 heteroatoms. The second-order valence-corrected chi connectivity index (χ2v) is 30.1. The van der Waals surface area contributed by atoms with E-state index in [2.05, 4.69) is 276 Å². The van der Waals surface area contributed by atoms with Gasteiger partial charge in [-0.2, -0.15) is 0 Å². The van der Waals surface area contributed by atoms with Gasteiger partial charge in [-0.15, -0.1) is 0 Å². The molecule has 7 aromatic rings. The Balaban J connectivity index is 1.38. The third-order valence-electron chi connectivity index (χ3n) is 16.3. The highest BCUT2D eigenvalue weighted by Crippen LogP contribution is 2.44. The first-order chi connectivity index (χ1) is 37.1. The number of benzene rings is 4. The Labute approximate surface area is 478 Å². The second kappa shape index (κ2) is 19.8. The average molecular weight is 1070 g/mol. The summed E-state index contributed by atoms with van der Waals surface area (Å²) in [6.07, 6.45) is 8.47. The number of hydrogen-bond acceptors (Lipinski definition) is 4. The fourth-order valence-corrected chi connectivity index (χ4v) is 11.0. The van der Waals surface area contributed by atoms with Gasteiger partial charge in [-0.05, 0) is 137 Å². The molecule has 0 amide bonds. The van der Waals surface area contributed by atoms with Crippen molar-refractivity contribution in [1.29, 1.82) is 0 Å². The summed E-state index contributed by atoms with van der Waals surface area (Å²) >= 11 is 0. The van der Waals surface area contributed by atoms with Crippen LogP contribution in [-0.2, 0) is 42.0 Å². The molecule has 3 aliphatic rings. The Morgan fingerprint density at radius 1 is 0.350 bits per heavy atom. The quantitative estimate of drug-likeness (QED) is 0.180. The molecule has 80 heavy (non-hydrogen) atoms. The van der Waals surface area contributed by atoms with E-state index in [1.165, 1.54) is 33.4 Å². The molecule has 0 saturated carbocycles. The molecule has 6 nitrogen and oxygen atoms in total. The summed E-state index contributed by atoms with van der Waals surface area (Å²) in [5.74, 6) is 0. The molecule has 0 unspecified atom stereocenters. The lowest BCUT2D eigenvalue weighted by atomic mass is 9.78. The highest BCUT2D eigenvalue weighted by Gasteiger charge is 2.31. The molecule has 0 aliphatic carbocycles. The van der Waals surface area contributed by atoms with Crippen LogP contribution < -0.4 is 0 Å². The predicted octanol–water partition coefficient (Wildman–Crippen LogP) is 20.2. The number of aromatic nitrogens is 4. The highest BCUT2D eigenvalue weighted by molar-refractivity contribution is 6.00. The number of nitrogens with zero attached hydrogens (tertiary/aromatic N) is 2. The van der Waals surface area contributed by atoms with Gasteiger partial charge in [-0.3, -0.25) is 0 Å². The summed E-state index contributed by atoms with van der Waals surface area (Å²) in [6.45, 7) is 47.3. The smallest absolute Gasteiger partial charge is 0.183 e. The van der Waals surface area contributed by atoms with Crippen molar-refractivity contribution in [3.05, 3.63) is 165 Å². The Bertz CT molecular complexity index is 3610. The monoisotopic (exact) mass is 1060 g/mol. The van der Waals surface area contributed by atoms with Gasteiger partial charge in [0, 0.05) is 55.3 Å². The largest absolute Gasteiger partial charge is 0.354 e. The molecule has 6 heterocycles. The molecule has 0 radical (unpaired) electrons. The van der Waals surface area contributed by atoms with Gasteiger partial charge in [-0.25, -0.2) is 9.97 Å². The van der Waals surface area contributed by atoms with Gasteiger partial charge in [-0.1, -0.05) is 217 Å². The van der Waals surface area contributed by atoms with E-state index in [0.717, 1.165) is 94.9 Å². The van der Waals surface area contributed by atoms with Crippen molar-refractivity contribution in [3.8, 4) is 44.5 Å². The molecule has 10 rings (SSSR count). The summed E-state index contributed by atoms with van der Waals surface area (Å²) in [4.78, 5) is 19.8. The fraction of sp³-hybridized carbons (Fsp3) is 0.405. The van der Waals surface area contributed by atoms with E-state index in [0.29, 0.717) is 13.2 Å².